The van der Waals surface area contributed by atoms with Crippen LogP contribution in [0.5, 0.6) is 0 Å². The van der Waals surface area contributed by atoms with E-state index >= 15 is 0 Å². The summed E-state index contributed by atoms with van der Waals surface area (Å²) in [7, 11) is 4.17. The molecule has 98 valence electrons. The van der Waals surface area contributed by atoms with Gasteiger partial charge in [-0.15, -0.1) is 0 Å². The van der Waals surface area contributed by atoms with Crippen molar-refractivity contribution in [2.24, 2.45) is 0 Å². The number of rotatable bonds is 4. The van der Waals surface area contributed by atoms with Crippen LogP contribution in [0.3, 0.4) is 0 Å². The molecule has 0 aromatic heterocycles. The Bertz CT molecular complexity index is 271. The van der Waals surface area contributed by atoms with E-state index in [4.69, 9.17) is 4.74 Å². The molecule has 0 radical (unpaired) electrons. The molecule has 17 heavy (non-hydrogen) atoms. The molecule has 0 aromatic rings. The molecule has 1 saturated carbocycles. The Hall–Kier alpha value is -0.810. The lowest BCUT2D eigenvalue weighted by Crippen LogP contribution is -2.58. The van der Waals surface area contributed by atoms with E-state index in [0.717, 1.165) is 19.6 Å². The van der Waals surface area contributed by atoms with Crippen LogP contribution in [-0.4, -0.2) is 56.4 Å². The van der Waals surface area contributed by atoms with Crippen molar-refractivity contribution in [1.82, 2.24) is 15.5 Å². The molecule has 1 saturated heterocycles. The third kappa shape index (κ3) is 2.90. The minimum absolute atomic E-state index is 0.0615. The van der Waals surface area contributed by atoms with Crippen LogP contribution in [0, 0.1) is 0 Å². The minimum atomic E-state index is -0.0615. The number of urea groups is 1. The van der Waals surface area contributed by atoms with Gasteiger partial charge in [0.2, 0.25) is 0 Å². The highest BCUT2D eigenvalue weighted by atomic mass is 16.5. The lowest BCUT2D eigenvalue weighted by Gasteiger charge is -2.47. The molecule has 1 unspecified atom stereocenters. The molecule has 2 N–H and O–H groups in total. The fourth-order valence-electron chi connectivity index (χ4n) is 2.50. The average Bonchev–Trinajstić information content (AvgIpc) is 2.68. The molecule has 1 aliphatic heterocycles. The van der Waals surface area contributed by atoms with Gasteiger partial charge in [0.25, 0.3) is 0 Å². The summed E-state index contributed by atoms with van der Waals surface area (Å²) in [5, 5.41) is 5.93. The highest BCUT2D eigenvalue weighted by Crippen LogP contribution is 2.35. The fourth-order valence-corrected chi connectivity index (χ4v) is 2.50. The van der Waals surface area contributed by atoms with Crippen LogP contribution in [0.4, 0.5) is 4.79 Å². The van der Waals surface area contributed by atoms with Crippen molar-refractivity contribution in [3.05, 3.63) is 0 Å². The predicted octanol–water partition coefficient (Wildman–Crippen LogP) is 0.559. The second-order valence-corrected chi connectivity index (χ2v) is 5.36. The maximum atomic E-state index is 11.7. The summed E-state index contributed by atoms with van der Waals surface area (Å²) in [4.78, 5) is 13.9. The van der Waals surface area contributed by atoms with Gasteiger partial charge in [-0.3, -0.25) is 0 Å². The van der Waals surface area contributed by atoms with E-state index in [0.29, 0.717) is 6.61 Å². The van der Waals surface area contributed by atoms with Gasteiger partial charge < -0.3 is 20.3 Å². The Balaban J connectivity index is 1.71. The van der Waals surface area contributed by atoms with Crippen LogP contribution in [0.15, 0.2) is 0 Å². The second-order valence-electron chi connectivity index (χ2n) is 5.36. The van der Waals surface area contributed by atoms with E-state index in [9.17, 15) is 4.79 Å². The van der Waals surface area contributed by atoms with Crippen LogP contribution in [0.25, 0.3) is 0 Å². The van der Waals surface area contributed by atoms with Gasteiger partial charge in [-0.1, -0.05) is 0 Å². The second kappa shape index (κ2) is 5.23. The molecule has 1 heterocycles. The molecule has 2 aliphatic rings. The van der Waals surface area contributed by atoms with E-state index < -0.39 is 0 Å². The Labute approximate surface area is 103 Å². The summed E-state index contributed by atoms with van der Waals surface area (Å²) in [6.45, 7) is 2.14. The molecule has 2 amide bonds. The number of hydrogen-bond acceptors (Lipinski definition) is 3. The first-order chi connectivity index (χ1) is 8.12. The van der Waals surface area contributed by atoms with Crippen molar-refractivity contribution in [3.63, 3.8) is 0 Å². The number of nitrogens with one attached hydrogen (secondary N) is 2. The van der Waals surface area contributed by atoms with Crippen LogP contribution in [0.2, 0.25) is 0 Å². The van der Waals surface area contributed by atoms with Gasteiger partial charge >= 0.3 is 6.03 Å². The van der Waals surface area contributed by atoms with Gasteiger partial charge in [-0.2, -0.15) is 0 Å². The molecule has 5 nitrogen and oxygen atoms in total. The maximum Gasteiger partial charge on any atom is 0.315 e. The standard InChI is InChI=1S/C12H23N3O2/c1-15(2)12(5-3-6-12)9-13-11(16)14-10-4-7-17-8-10/h10H,3-9H2,1-2H3,(H2,13,14,16). The normalized spacial score (nSPS) is 26.6. The smallest absolute Gasteiger partial charge is 0.315 e. The Morgan fingerprint density at radius 3 is 2.71 bits per heavy atom. The molecule has 1 aliphatic carbocycles. The zero-order chi connectivity index (χ0) is 12.3. The Morgan fingerprint density at radius 2 is 2.24 bits per heavy atom. The number of amides is 2. The lowest BCUT2D eigenvalue weighted by atomic mass is 9.75. The number of ether oxygens (including phenoxy) is 1. The number of hydrogen-bond donors (Lipinski definition) is 2. The largest absolute Gasteiger partial charge is 0.379 e. The van der Waals surface area contributed by atoms with Crippen LogP contribution in [0.1, 0.15) is 25.7 Å². The van der Waals surface area contributed by atoms with E-state index in [2.05, 4.69) is 29.6 Å². The first-order valence-corrected chi connectivity index (χ1v) is 6.42. The van der Waals surface area contributed by atoms with E-state index in [1.165, 1.54) is 19.3 Å². The van der Waals surface area contributed by atoms with Gasteiger partial charge in [0.1, 0.15) is 0 Å². The van der Waals surface area contributed by atoms with E-state index in [1.54, 1.807) is 0 Å². The monoisotopic (exact) mass is 241 g/mol. The molecule has 5 heteroatoms. The fraction of sp³-hybridized carbons (Fsp3) is 0.917. The number of carbonyl (C=O) groups excluding carboxylic acids is 1. The van der Waals surface area contributed by atoms with Gasteiger partial charge in [0, 0.05) is 18.7 Å². The average molecular weight is 241 g/mol. The molecule has 0 aromatic carbocycles. The third-order valence-electron chi connectivity index (χ3n) is 4.08. The zero-order valence-corrected chi connectivity index (χ0v) is 10.8. The quantitative estimate of drug-likeness (QED) is 0.756. The molecule has 0 bridgehead atoms. The van der Waals surface area contributed by atoms with Crippen molar-refractivity contribution in [1.29, 1.82) is 0 Å². The Morgan fingerprint density at radius 1 is 1.47 bits per heavy atom. The number of likely N-dealkylation sites (N-methyl/N-ethyl adjacent to an activating group) is 1. The third-order valence-corrected chi connectivity index (χ3v) is 4.08. The van der Waals surface area contributed by atoms with Gasteiger partial charge in [-0.25, -0.2) is 4.79 Å². The lowest BCUT2D eigenvalue weighted by molar-refractivity contribution is 0.0623. The summed E-state index contributed by atoms with van der Waals surface area (Å²) in [6, 6.07) is 0.125. The van der Waals surface area contributed by atoms with Crippen LogP contribution >= 0.6 is 0 Å². The van der Waals surface area contributed by atoms with E-state index in [-0.39, 0.29) is 17.6 Å². The highest BCUT2D eigenvalue weighted by Gasteiger charge is 2.39. The summed E-state index contributed by atoms with van der Waals surface area (Å²) < 4.78 is 5.22. The van der Waals surface area contributed by atoms with Crippen molar-refractivity contribution in [2.75, 3.05) is 33.9 Å². The van der Waals surface area contributed by atoms with Crippen molar-refractivity contribution in [2.45, 2.75) is 37.3 Å². The molecule has 1 atom stereocenters. The van der Waals surface area contributed by atoms with E-state index in [1.807, 2.05) is 0 Å². The maximum absolute atomic E-state index is 11.7. The summed E-state index contributed by atoms with van der Waals surface area (Å²) in [6.07, 6.45) is 4.53. The summed E-state index contributed by atoms with van der Waals surface area (Å²) in [5.74, 6) is 0. The van der Waals surface area contributed by atoms with Gasteiger partial charge in [0.05, 0.1) is 12.6 Å². The van der Waals surface area contributed by atoms with Crippen molar-refractivity contribution < 1.29 is 9.53 Å². The topological polar surface area (TPSA) is 53.6 Å². The van der Waals surface area contributed by atoms with Crippen LogP contribution in [-0.2, 0) is 4.74 Å². The highest BCUT2D eigenvalue weighted by molar-refractivity contribution is 5.74. The SMILES string of the molecule is CN(C)C1(CNC(=O)NC2CCOC2)CCC1. The molecular weight excluding hydrogens is 218 g/mol. The Kier molecular flexibility index (Phi) is 3.89. The minimum Gasteiger partial charge on any atom is -0.379 e. The number of nitrogens with zero attached hydrogens (tertiary/aromatic N) is 1. The molecule has 2 fully saturated rings. The summed E-state index contributed by atoms with van der Waals surface area (Å²) in [5.41, 5.74) is 0.184. The molecule has 0 spiro atoms. The first-order valence-electron chi connectivity index (χ1n) is 6.42. The predicted molar refractivity (Wildman–Crippen MR) is 66.0 cm³/mol. The molecular formula is C12H23N3O2. The van der Waals surface area contributed by atoms with Crippen molar-refractivity contribution >= 4 is 6.03 Å². The first kappa shape index (κ1) is 12.6. The number of carbonyl (C=O) groups is 1. The van der Waals surface area contributed by atoms with Crippen LogP contribution < -0.4 is 10.6 Å². The van der Waals surface area contributed by atoms with Gasteiger partial charge in [-0.05, 0) is 39.8 Å². The zero-order valence-electron chi connectivity index (χ0n) is 10.8. The summed E-state index contributed by atoms with van der Waals surface area (Å²) >= 11 is 0. The van der Waals surface area contributed by atoms with Crippen molar-refractivity contribution in [3.8, 4) is 0 Å². The van der Waals surface area contributed by atoms with Gasteiger partial charge in [0.15, 0.2) is 0 Å². The molecule has 2 rings (SSSR count).